The van der Waals surface area contributed by atoms with Gasteiger partial charge in [-0.15, -0.1) is 0 Å². The van der Waals surface area contributed by atoms with Crippen molar-refractivity contribution in [1.29, 1.82) is 0 Å². The number of halogens is 1. The molecule has 0 bridgehead atoms. The Bertz CT molecular complexity index is 772. The van der Waals surface area contributed by atoms with Gasteiger partial charge < -0.3 is 10.6 Å². The summed E-state index contributed by atoms with van der Waals surface area (Å²) < 4.78 is 0. The van der Waals surface area contributed by atoms with Crippen molar-refractivity contribution in [2.75, 3.05) is 10.6 Å². The Morgan fingerprint density at radius 1 is 0.864 bits per heavy atom. The topological polar surface area (TPSA) is 49.8 Å². The third kappa shape index (κ3) is 3.54. The quantitative estimate of drug-likeness (QED) is 0.717. The first-order valence-corrected chi connectivity index (χ1v) is 7.26. The molecule has 0 spiro atoms. The monoisotopic (exact) mass is 310 g/mol. The zero-order valence-corrected chi connectivity index (χ0v) is 12.8. The summed E-state index contributed by atoms with van der Waals surface area (Å²) in [5.41, 5.74) is 3.01. The van der Waals surface area contributed by atoms with Crippen molar-refractivity contribution in [3.05, 3.63) is 71.5 Å². The predicted molar refractivity (Wildman–Crippen MR) is 91.2 cm³/mol. The molecule has 0 amide bonds. The fourth-order valence-electron chi connectivity index (χ4n) is 1.98. The zero-order chi connectivity index (χ0) is 15.4. The maximum absolute atomic E-state index is 6.14. The molecule has 22 heavy (non-hydrogen) atoms. The number of hydrogen-bond donors (Lipinski definition) is 2. The van der Waals surface area contributed by atoms with E-state index < -0.39 is 0 Å². The standard InChI is InChI=1S/C17H15ClN4/c1-12-6-8-13(9-7-12)21-16-10-17(20-11-19-16)22-15-5-3-2-4-14(15)18/h2-11H,1H3,(H2,19,20,21,22). The normalized spacial score (nSPS) is 10.3. The molecule has 0 unspecified atom stereocenters. The zero-order valence-electron chi connectivity index (χ0n) is 12.0. The average molecular weight is 311 g/mol. The van der Waals surface area contributed by atoms with Crippen LogP contribution < -0.4 is 10.6 Å². The Hall–Kier alpha value is -2.59. The number of nitrogens with zero attached hydrogens (tertiary/aromatic N) is 2. The maximum Gasteiger partial charge on any atom is 0.135 e. The van der Waals surface area contributed by atoms with Crippen LogP contribution in [0.3, 0.4) is 0 Å². The summed E-state index contributed by atoms with van der Waals surface area (Å²) in [7, 11) is 0. The molecule has 0 radical (unpaired) electrons. The molecule has 5 heteroatoms. The molecule has 3 rings (SSSR count). The minimum atomic E-state index is 0.647. The third-order valence-corrected chi connectivity index (χ3v) is 3.46. The van der Waals surface area contributed by atoms with Crippen molar-refractivity contribution in [2.24, 2.45) is 0 Å². The molecule has 1 aromatic heterocycles. The summed E-state index contributed by atoms with van der Waals surface area (Å²) in [6.07, 6.45) is 1.51. The highest BCUT2D eigenvalue weighted by Gasteiger charge is 2.03. The van der Waals surface area contributed by atoms with Crippen LogP contribution in [0.2, 0.25) is 5.02 Å². The molecule has 0 aliphatic rings. The molecule has 110 valence electrons. The number of aryl methyl sites for hydroxylation is 1. The van der Waals surface area contributed by atoms with E-state index in [0.717, 1.165) is 11.4 Å². The van der Waals surface area contributed by atoms with Crippen LogP contribution in [-0.2, 0) is 0 Å². The van der Waals surface area contributed by atoms with Crippen molar-refractivity contribution in [1.82, 2.24) is 9.97 Å². The van der Waals surface area contributed by atoms with Crippen molar-refractivity contribution in [2.45, 2.75) is 6.92 Å². The molecule has 0 atom stereocenters. The van der Waals surface area contributed by atoms with Crippen LogP contribution in [0.1, 0.15) is 5.56 Å². The van der Waals surface area contributed by atoms with E-state index in [2.05, 4.69) is 27.5 Å². The molecule has 0 aliphatic heterocycles. The third-order valence-electron chi connectivity index (χ3n) is 3.13. The predicted octanol–water partition coefficient (Wildman–Crippen LogP) is 4.93. The SMILES string of the molecule is Cc1ccc(Nc2cc(Nc3ccccc3Cl)ncn2)cc1. The largest absolute Gasteiger partial charge is 0.340 e. The number of aromatic nitrogens is 2. The lowest BCUT2D eigenvalue weighted by atomic mass is 10.2. The highest BCUT2D eigenvalue weighted by molar-refractivity contribution is 6.33. The van der Waals surface area contributed by atoms with E-state index in [-0.39, 0.29) is 0 Å². The summed E-state index contributed by atoms with van der Waals surface area (Å²) in [4.78, 5) is 8.44. The number of rotatable bonds is 4. The molecular weight excluding hydrogens is 296 g/mol. The molecule has 1 heterocycles. The van der Waals surface area contributed by atoms with Gasteiger partial charge in [0.2, 0.25) is 0 Å². The second-order valence-electron chi connectivity index (χ2n) is 4.88. The molecule has 0 aliphatic carbocycles. The molecule has 2 aromatic carbocycles. The van der Waals surface area contributed by atoms with Gasteiger partial charge in [-0.2, -0.15) is 0 Å². The highest BCUT2D eigenvalue weighted by atomic mass is 35.5. The Kier molecular flexibility index (Phi) is 4.21. The van der Waals surface area contributed by atoms with Crippen molar-refractivity contribution >= 4 is 34.6 Å². The van der Waals surface area contributed by atoms with Gasteiger partial charge in [-0.05, 0) is 31.2 Å². The fraction of sp³-hybridized carbons (Fsp3) is 0.0588. The Labute approximate surface area is 134 Å². The number of para-hydroxylation sites is 1. The first-order valence-electron chi connectivity index (χ1n) is 6.88. The van der Waals surface area contributed by atoms with Gasteiger partial charge in [-0.3, -0.25) is 0 Å². The van der Waals surface area contributed by atoms with E-state index in [0.29, 0.717) is 16.7 Å². The van der Waals surface area contributed by atoms with E-state index >= 15 is 0 Å². The van der Waals surface area contributed by atoms with Gasteiger partial charge in [0.05, 0.1) is 10.7 Å². The first-order chi connectivity index (χ1) is 10.7. The van der Waals surface area contributed by atoms with Gasteiger partial charge in [0.25, 0.3) is 0 Å². The van der Waals surface area contributed by atoms with E-state index in [1.165, 1.54) is 11.9 Å². The van der Waals surface area contributed by atoms with E-state index in [9.17, 15) is 0 Å². The van der Waals surface area contributed by atoms with Gasteiger partial charge in [0.1, 0.15) is 18.0 Å². The van der Waals surface area contributed by atoms with Crippen LogP contribution in [0.4, 0.5) is 23.0 Å². The minimum Gasteiger partial charge on any atom is -0.340 e. The molecule has 4 nitrogen and oxygen atoms in total. The second-order valence-corrected chi connectivity index (χ2v) is 5.29. The lowest BCUT2D eigenvalue weighted by molar-refractivity contribution is 1.17. The van der Waals surface area contributed by atoms with Gasteiger partial charge in [0, 0.05) is 11.8 Å². The van der Waals surface area contributed by atoms with Gasteiger partial charge in [-0.1, -0.05) is 41.4 Å². The van der Waals surface area contributed by atoms with Crippen molar-refractivity contribution in [3.8, 4) is 0 Å². The van der Waals surface area contributed by atoms with Crippen LogP contribution >= 0.6 is 11.6 Å². The number of anilines is 4. The summed E-state index contributed by atoms with van der Waals surface area (Å²) in [5, 5.41) is 7.08. The minimum absolute atomic E-state index is 0.647. The molecule has 3 aromatic rings. The fourth-order valence-corrected chi connectivity index (χ4v) is 2.16. The maximum atomic E-state index is 6.14. The smallest absolute Gasteiger partial charge is 0.135 e. The van der Waals surface area contributed by atoms with Crippen LogP contribution in [0.5, 0.6) is 0 Å². The lowest BCUT2D eigenvalue weighted by Crippen LogP contribution is -1.98. The van der Waals surface area contributed by atoms with Crippen molar-refractivity contribution in [3.63, 3.8) is 0 Å². The molecule has 2 N–H and O–H groups in total. The van der Waals surface area contributed by atoms with Crippen LogP contribution in [-0.4, -0.2) is 9.97 Å². The summed E-state index contributed by atoms with van der Waals surface area (Å²) in [6, 6.07) is 17.5. The first kappa shape index (κ1) is 14.4. The molecular formula is C17H15ClN4. The number of benzene rings is 2. The van der Waals surface area contributed by atoms with E-state index in [1.807, 2.05) is 54.6 Å². The van der Waals surface area contributed by atoms with E-state index in [1.54, 1.807) is 0 Å². The van der Waals surface area contributed by atoms with Crippen LogP contribution in [0.25, 0.3) is 0 Å². The molecule has 0 saturated heterocycles. The molecule has 0 fully saturated rings. The molecule has 0 saturated carbocycles. The van der Waals surface area contributed by atoms with Gasteiger partial charge in [0.15, 0.2) is 0 Å². The second kappa shape index (κ2) is 6.45. The summed E-state index contributed by atoms with van der Waals surface area (Å²) >= 11 is 6.14. The Morgan fingerprint density at radius 2 is 1.55 bits per heavy atom. The van der Waals surface area contributed by atoms with Crippen molar-refractivity contribution < 1.29 is 0 Å². The van der Waals surface area contributed by atoms with Crippen LogP contribution in [0.15, 0.2) is 60.9 Å². The Balaban J connectivity index is 1.78. The van der Waals surface area contributed by atoms with Gasteiger partial charge in [-0.25, -0.2) is 9.97 Å². The van der Waals surface area contributed by atoms with Crippen LogP contribution in [0, 0.1) is 6.92 Å². The average Bonchev–Trinajstić information content (AvgIpc) is 2.52. The summed E-state index contributed by atoms with van der Waals surface area (Å²) in [5.74, 6) is 1.39. The van der Waals surface area contributed by atoms with Gasteiger partial charge >= 0.3 is 0 Å². The highest BCUT2D eigenvalue weighted by Crippen LogP contribution is 2.25. The lowest BCUT2D eigenvalue weighted by Gasteiger charge is -2.09. The number of nitrogens with one attached hydrogen (secondary N) is 2. The van der Waals surface area contributed by atoms with E-state index in [4.69, 9.17) is 11.6 Å². The summed E-state index contributed by atoms with van der Waals surface area (Å²) in [6.45, 7) is 2.06. The number of hydrogen-bond acceptors (Lipinski definition) is 4. The Morgan fingerprint density at radius 3 is 2.27 bits per heavy atom.